The smallest absolute Gasteiger partial charge is 0.254 e. The largest absolute Gasteiger partial charge is 0.507 e. The molecule has 2 amide bonds. The Morgan fingerprint density at radius 1 is 1.08 bits per heavy atom. The molecule has 0 bridgehead atoms. The lowest BCUT2D eigenvalue weighted by molar-refractivity contribution is -0.247. The quantitative estimate of drug-likeness (QED) is 0.159. The van der Waals surface area contributed by atoms with Gasteiger partial charge in [0, 0.05) is 69.2 Å². The standard InChI is InChI=1S/C33H42N4O11/c1-15-27(39)18(34)11-22(47-15)48-20-13-33(45,32(44)37(4)10-9-36(3)21(38)14-35-2)12-17-24(20)31(43)26-25(29(17)41)28(40)16-7-6-8-19(46-5)23(16)30(26)42/h6-8,15,18,20,22,27,35,39,41,43,45H,9-14,34H2,1-5H3/t15?,18?,20-,22?,27?,33-/m0/s1. The van der Waals surface area contributed by atoms with Crippen LogP contribution in [0.3, 0.4) is 0 Å². The van der Waals surface area contributed by atoms with Gasteiger partial charge < -0.3 is 55.5 Å². The number of likely N-dealkylation sites (N-methyl/N-ethyl adjacent to an activating group) is 3. The first-order valence-corrected chi connectivity index (χ1v) is 15.6. The van der Waals surface area contributed by atoms with Crippen molar-refractivity contribution in [2.75, 3.05) is 47.9 Å². The molecule has 4 unspecified atom stereocenters. The molecule has 5 rings (SSSR count). The fourth-order valence-corrected chi connectivity index (χ4v) is 6.72. The predicted molar refractivity (Wildman–Crippen MR) is 169 cm³/mol. The molecule has 1 heterocycles. The first-order valence-electron chi connectivity index (χ1n) is 15.6. The van der Waals surface area contributed by atoms with Gasteiger partial charge in [-0.2, -0.15) is 0 Å². The van der Waals surface area contributed by atoms with Crippen LogP contribution in [-0.4, -0.2) is 132 Å². The highest BCUT2D eigenvalue weighted by Crippen LogP contribution is 2.52. The van der Waals surface area contributed by atoms with Crippen molar-refractivity contribution in [3.05, 3.63) is 51.6 Å². The third-order valence-corrected chi connectivity index (χ3v) is 9.41. The number of ether oxygens (including phenoxy) is 3. The van der Waals surface area contributed by atoms with Crippen LogP contribution in [0, 0.1) is 0 Å². The summed E-state index contributed by atoms with van der Waals surface area (Å²) in [6.07, 6.45) is -5.14. The van der Waals surface area contributed by atoms with Crippen LogP contribution in [0.2, 0.25) is 0 Å². The zero-order chi connectivity index (χ0) is 35.2. The van der Waals surface area contributed by atoms with Crippen molar-refractivity contribution in [1.29, 1.82) is 0 Å². The van der Waals surface area contributed by atoms with Crippen LogP contribution < -0.4 is 15.8 Å². The van der Waals surface area contributed by atoms with Gasteiger partial charge in [-0.3, -0.25) is 19.2 Å². The Morgan fingerprint density at radius 3 is 2.40 bits per heavy atom. The van der Waals surface area contributed by atoms with Crippen molar-refractivity contribution in [3.63, 3.8) is 0 Å². The van der Waals surface area contributed by atoms with Gasteiger partial charge in [0.05, 0.1) is 48.7 Å². The van der Waals surface area contributed by atoms with Crippen molar-refractivity contribution < 1.29 is 53.8 Å². The average Bonchev–Trinajstić information content (AvgIpc) is 3.05. The molecule has 0 radical (unpaired) electrons. The highest BCUT2D eigenvalue weighted by molar-refractivity contribution is 6.31. The van der Waals surface area contributed by atoms with E-state index in [9.17, 15) is 39.6 Å². The molecule has 1 aliphatic heterocycles. The summed E-state index contributed by atoms with van der Waals surface area (Å²) in [7, 11) is 5.99. The van der Waals surface area contributed by atoms with Crippen molar-refractivity contribution >= 4 is 23.4 Å². The van der Waals surface area contributed by atoms with Crippen molar-refractivity contribution in [3.8, 4) is 17.2 Å². The minimum atomic E-state index is -2.23. The van der Waals surface area contributed by atoms with Crippen LogP contribution in [0.15, 0.2) is 18.2 Å². The Balaban J connectivity index is 1.58. The van der Waals surface area contributed by atoms with Crippen LogP contribution in [-0.2, 0) is 25.5 Å². The lowest BCUT2D eigenvalue weighted by Gasteiger charge is -2.43. The fraction of sp³-hybridized carbons (Fsp3) is 0.515. The highest BCUT2D eigenvalue weighted by atomic mass is 16.7. The molecule has 6 atom stereocenters. The molecule has 7 N–H and O–H groups in total. The van der Waals surface area contributed by atoms with Crippen molar-refractivity contribution in [2.45, 2.75) is 62.4 Å². The summed E-state index contributed by atoms with van der Waals surface area (Å²) < 4.78 is 17.4. The molecule has 15 heteroatoms. The number of nitrogens with one attached hydrogen (secondary N) is 1. The van der Waals surface area contributed by atoms with E-state index in [4.69, 9.17) is 19.9 Å². The molecular formula is C33H42N4O11. The van der Waals surface area contributed by atoms with Gasteiger partial charge in [0.25, 0.3) is 5.91 Å². The Kier molecular flexibility index (Phi) is 9.83. The monoisotopic (exact) mass is 670 g/mol. The Morgan fingerprint density at radius 2 is 1.75 bits per heavy atom. The van der Waals surface area contributed by atoms with Gasteiger partial charge in [-0.05, 0) is 20.0 Å². The summed E-state index contributed by atoms with van der Waals surface area (Å²) in [5, 5.41) is 48.5. The van der Waals surface area contributed by atoms with E-state index in [1.807, 2.05) is 0 Å². The SMILES string of the molecule is CNCC(=O)N(C)CCN(C)C(=O)[C@]1(O)Cc2c(O)c3c(c(O)c2[C@@H](OC2CC(N)C(O)C(C)O2)C1)C(=O)c1c(OC)cccc1C3=O. The number of methoxy groups -OCH3 is 1. The second-order valence-electron chi connectivity index (χ2n) is 12.7. The lowest BCUT2D eigenvalue weighted by atomic mass is 9.72. The molecule has 48 heavy (non-hydrogen) atoms. The van der Waals surface area contributed by atoms with E-state index in [-0.39, 0.29) is 60.0 Å². The normalized spacial score (nSPS) is 26.3. The Hall–Kier alpha value is -4.12. The minimum Gasteiger partial charge on any atom is -0.507 e. The van der Waals surface area contributed by atoms with E-state index in [0.717, 1.165) is 0 Å². The van der Waals surface area contributed by atoms with E-state index in [0.29, 0.717) is 0 Å². The van der Waals surface area contributed by atoms with Gasteiger partial charge in [0.15, 0.2) is 12.1 Å². The van der Waals surface area contributed by atoms with Gasteiger partial charge >= 0.3 is 0 Å². The highest BCUT2D eigenvalue weighted by Gasteiger charge is 2.51. The number of aliphatic hydroxyl groups is 2. The number of carbonyl (C=O) groups excluding carboxylic acids is 4. The summed E-state index contributed by atoms with van der Waals surface area (Å²) in [6, 6.07) is 3.66. The number of nitrogens with two attached hydrogens (primary N) is 1. The van der Waals surface area contributed by atoms with Crippen LogP contribution >= 0.6 is 0 Å². The molecule has 15 nitrogen and oxygen atoms in total. The first kappa shape index (κ1) is 35.2. The summed E-state index contributed by atoms with van der Waals surface area (Å²) in [4.78, 5) is 56.5. The van der Waals surface area contributed by atoms with Gasteiger partial charge in [-0.25, -0.2) is 0 Å². The number of hydrogen-bond donors (Lipinski definition) is 6. The molecule has 260 valence electrons. The molecule has 0 saturated carbocycles. The number of nitrogens with zero attached hydrogens (tertiary/aromatic N) is 2. The third-order valence-electron chi connectivity index (χ3n) is 9.41. The topological polar surface area (TPSA) is 221 Å². The number of fused-ring (bicyclic) bond motifs is 3. The van der Waals surface area contributed by atoms with Crippen molar-refractivity contribution in [1.82, 2.24) is 15.1 Å². The maximum atomic E-state index is 13.9. The van der Waals surface area contributed by atoms with Crippen LogP contribution in [0.4, 0.5) is 0 Å². The predicted octanol–water partition coefficient (Wildman–Crippen LogP) is -0.424. The molecule has 1 fully saturated rings. The zero-order valence-electron chi connectivity index (χ0n) is 27.5. The van der Waals surface area contributed by atoms with Crippen LogP contribution in [0.1, 0.15) is 68.8 Å². The number of amides is 2. The number of rotatable bonds is 9. The Bertz CT molecular complexity index is 1640. The van der Waals surface area contributed by atoms with Gasteiger partial charge in [-0.15, -0.1) is 0 Å². The second kappa shape index (κ2) is 13.4. The number of carbonyl (C=O) groups is 4. The minimum absolute atomic E-state index is 0.0102. The summed E-state index contributed by atoms with van der Waals surface area (Å²) in [5.74, 6) is -3.75. The van der Waals surface area contributed by atoms with Crippen LogP contribution in [0.25, 0.3) is 0 Å². The molecule has 0 aromatic heterocycles. The van der Waals surface area contributed by atoms with E-state index in [1.165, 1.54) is 42.2 Å². The number of ketones is 2. The summed E-state index contributed by atoms with van der Waals surface area (Å²) in [6.45, 7) is 1.90. The maximum absolute atomic E-state index is 13.9. The van der Waals surface area contributed by atoms with E-state index >= 15 is 0 Å². The first-order chi connectivity index (χ1) is 22.6. The second-order valence-corrected chi connectivity index (χ2v) is 12.7. The molecule has 2 aliphatic carbocycles. The molecule has 3 aliphatic rings. The van der Waals surface area contributed by atoms with Crippen molar-refractivity contribution in [2.24, 2.45) is 5.73 Å². The molecular weight excluding hydrogens is 628 g/mol. The van der Waals surface area contributed by atoms with E-state index in [1.54, 1.807) is 21.0 Å². The average molecular weight is 671 g/mol. The van der Waals surface area contributed by atoms with Crippen LogP contribution in [0.5, 0.6) is 17.2 Å². The third kappa shape index (κ3) is 6.01. The molecule has 1 saturated heterocycles. The molecule has 2 aromatic carbocycles. The summed E-state index contributed by atoms with van der Waals surface area (Å²) >= 11 is 0. The maximum Gasteiger partial charge on any atom is 0.254 e. The lowest BCUT2D eigenvalue weighted by Crippen LogP contribution is -2.55. The number of phenolic OH excluding ortho intramolecular Hbond substituents is 2. The number of hydrogen-bond acceptors (Lipinski definition) is 13. The van der Waals surface area contributed by atoms with E-state index in [2.05, 4.69) is 5.32 Å². The molecule has 0 spiro atoms. The van der Waals surface area contributed by atoms with Gasteiger partial charge in [-0.1, -0.05) is 12.1 Å². The molecule has 2 aromatic rings. The number of aliphatic hydroxyl groups excluding tert-OH is 1. The zero-order valence-corrected chi connectivity index (χ0v) is 27.5. The Labute approximate surface area is 277 Å². The summed E-state index contributed by atoms with van der Waals surface area (Å²) in [5.41, 5.74) is 2.55. The number of benzene rings is 2. The number of phenols is 2. The van der Waals surface area contributed by atoms with E-state index < -0.39 is 89.2 Å². The fourth-order valence-electron chi connectivity index (χ4n) is 6.72. The number of aromatic hydroxyl groups is 2. The van der Waals surface area contributed by atoms with Gasteiger partial charge in [0.1, 0.15) is 22.8 Å². The van der Waals surface area contributed by atoms with Gasteiger partial charge in [0.2, 0.25) is 11.7 Å².